The van der Waals surface area contributed by atoms with Gasteiger partial charge in [-0.1, -0.05) is 6.07 Å². The molecule has 0 spiro atoms. The van der Waals surface area contributed by atoms with Crippen molar-refractivity contribution in [1.29, 1.82) is 0 Å². The van der Waals surface area contributed by atoms with Crippen LogP contribution in [-0.4, -0.2) is 42.1 Å². The van der Waals surface area contributed by atoms with E-state index in [-0.39, 0.29) is 23.6 Å². The molecule has 1 aliphatic heterocycles. The van der Waals surface area contributed by atoms with Crippen LogP contribution < -0.4 is 9.47 Å². The summed E-state index contributed by atoms with van der Waals surface area (Å²) in [6.07, 6.45) is 0.355. The van der Waals surface area contributed by atoms with Crippen molar-refractivity contribution in [2.24, 2.45) is 0 Å². The number of carbonyl (C=O) groups excluding carboxylic acids is 1. The number of benzene rings is 1. The molecule has 1 amide bonds. The van der Waals surface area contributed by atoms with E-state index in [9.17, 15) is 13.6 Å². The van der Waals surface area contributed by atoms with E-state index in [0.29, 0.717) is 25.1 Å². The Morgan fingerprint density at radius 1 is 1.29 bits per heavy atom. The summed E-state index contributed by atoms with van der Waals surface area (Å²) in [4.78, 5) is 17.7. The van der Waals surface area contributed by atoms with Gasteiger partial charge in [0.1, 0.15) is 6.10 Å². The summed E-state index contributed by atoms with van der Waals surface area (Å²) in [5.74, 6) is -1.15. The predicted octanol–water partition coefficient (Wildman–Crippen LogP) is 2.66. The van der Waals surface area contributed by atoms with Crippen molar-refractivity contribution in [2.45, 2.75) is 12.5 Å². The first-order chi connectivity index (χ1) is 11.6. The summed E-state index contributed by atoms with van der Waals surface area (Å²) in [6, 6.07) is 8.31. The number of hydrogen-bond acceptors (Lipinski definition) is 4. The molecule has 0 bridgehead atoms. The highest BCUT2D eigenvalue weighted by molar-refractivity contribution is 5.94. The monoisotopic (exact) mass is 334 g/mol. The van der Waals surface area contributed by atoms with Gasteiger partial charge in [0.15, 0.2) is 11.6 Å². The van der Waals surface area contributed by atoms with E-state index in [1.807, 2.05) is 0 Å². The number of methoxy groups -OCH3 is 1. The number of carbonyl (C=O) groups is 1. The van der Waals surface area contributed by atoms with E-state index >= 15 is 0 Å². The first-order valence-electron chi connectivity index (χ1n) is 7.49. The van der Waals surface area contributed by atoms with Crippen LogP contribution in [0.3, 0.4) is 0 Å². The number of hydrogen-bond donors (Lipinski definition) is 0. The van der Waals surface area contributed by atoms with Crippen LogP contribution >= 0.6 is 0 Å². The van der Waals surface area contributed by atoms with E-state index in [4.69, 9.17) is 9.47 Å². The lowest BCUT2D eigenvalue weighted by Crippen LogP contribution is -2.31. The number of aromatic nitrogens is 1. The zero-order valence-electron chi connectivity index (χ0n) is 13.0. The lowest BCUT2D eigenvalue weighted by molar-refractivity contribution is 0.0770. The molecule has 126 valence electrons. The number of halogens is 2. The van der Waals surface area contributed by atoms with Crippen molar-refractivity contribution in [1.82, 2.24) is 9.88 Å². The fourth-order valence-corrected chi connectivity index (χ4v) is 2.61. The van der Waals surface area contributed by atoms with Gasteiger partial charge in [0.25, 0.3) is 5.91 Å². The van der Waals surface area contributed by atoms with Crippen LogP contribution in [0.4, 0.5) is 8.78 Å². The van der Waals surface area contributed by atoms with Gasteiger partial charge in [-0.25, -0.2) is 4.39 Å². The Hall–Kier alpha value is -2.70. The summed E-state index contributed by atoms with van der Waals surface area (Å²) in [5, 5.41) is 0. The summed E-state index contributed by atoms with van der Waals surface area (Å²) in [5.41, 5.74) is 0.345. The quantitative estimate of drug-likeness (QED) is 0.807. The second-order valence-electron chi connectivity index (χ2n) is 5.43. The van der Waals surface area contributed by atoms with Gasteiger partial charge in [-0.2, -0.15) is 9.37 Å². The summed E-state index contributed by atoms with van der Waals surface area (Å²) >= 11 is 0. The number of pyridine rings is 1. The highest BCUT2D eigenvalue weighted by Gasteiger charge is 2.29. The fraction of sp³-hybridized carbons (Fsp3) is 0.294. The number of amides is 1. The molecule has 2 heterocycles. The van der Waals surface area contributed by atoms with Crippen molar-refractivity contribution in [3.05, 3.63) is 53.7 Å². The zero-order valence-corrected chi connectivity index (χ0v) is 13.0. The smallest absolute Gasteiger partial charge is 0.254 e. The van der Waals surface area contributed by atoms with E-state index in [1.165, 1.54) is 37.4 Å². The van der Waals surface area contributed by atoms with Crippen LogP contribution in [0.1, 0.15) is 16.8 Å². The van der Waals surface area contributed by atoms with Crippen LogP contribution in [0.25, 0.3) is 0 Å². The van der Waals surface area contributed by atoms with Crippen molar-refractivity contribution >= 4 is 5.91 Å². The van der Waals surface area contributed by atoms with Crippen LogP contribution in [0.15, 0.2) is 36.4 Å². The van der Waals surface area contributed by atoms with Gasteiger partial charge in [-0.15, -0.1) is 0 Å². The fourth-order valence-electron chi connectivity index (χ4n) is 2.61. The van der Waals surface area contributed by atoms with Crippen molar-refractivity contribution in [3.8, 4) is 11.6 Å². The number of nitrogens with zero attached hydrogens (tertiary/aromatic N) is 2. The van der Waals surface area contributed by atoms with E-state index < -0.39 is 11.8 Å². The molecule has 1 fully saturated rings. The van der Waals surface area contributed by atoms with Crippen LogP contribution in [-0.2, 0) is 0 Å². The van der Waals surface area contributed by atoms with Gasteiger partial charge >= 0.3 is 0 Å². The third kappa shape index (κ3) is 3.45. The van der Waals surface area contributed by atoms with Crippen molar-refractivity contribution in [3.63, 3.8) is 0 Å². The maximum Gasteiger partial charge on any atom is 0.254 e. The first kappa shape index (κ1) is 16.2. The maximum absolute atomic E-state index is 13.4. The van der Waals surface area contributed by atoms with E-state index in [2.05, 4.69) is 4.98 Å². The standard InChI is InChI=1S/C17H16F2N2O3/c1-23-14-9-11(5-6-13(14)18)17(22)21-8-7-12(10-21)24-16-4-2-3-15(19)20-16/h2-6,9,12H,7-8,10H2,1H3. The predicted molar refractivity (Wildman–Crippen MR) is 82.1 cm³/mol. The molecule has 24 heavy (non-hydrogen) atoms. The number of ether oxygens (including phenoxy) is 2. The van der Waals surface area contributed by atoms with Gasteiger partial charge in [-0.05, 0) is 24.3 Å². The maximum atomic E-state index is 13.4. The molecule has 7 heteroatoms. The summed E-state index contributed by atoms with van der Waals surface area (Å²) in [6.45, 7) is 0.856. The molecule has 5 nitrogen and oxygen atoms in total. The molecule has 2 aromatic rings. The van der Waals surface area contributed by atoms with Crippen LogP contribution in [0.5, 0.6) is 11.6 Å². The first-order valence-corrected chi connectivity index (χ1v) is 7.49. The molecule has 1 aromatic heterocycles. The lowest BCUT2D eigenvalue weighted by Gasteiger charge is -2.17. The highest BCUT2D eigenvalue weighted by atomic mass is 19.1. The van der Waals surface area contributed by atoms with Gasteiger partial charge in [0.05, 0.1) is 13.7 Å². The average Bonchev–Trinajstić information content (AvgIpc) is 3.03. The van der Waals surface area contributed by atoms with E-state index in [1.54, 1.807) is 11.0 Å². The molecular formula is C17H16F2N2O3. The normalized spacial score (nSPS) is 17.0. The van der Waals surface area contributed by atoms with Crippen molar-refractivity contribution < 1.29 is 23.0 Å². The average molecular weight is 334 g/mol. The molecule has 1 aliphatic rings. The SMILES string of the molecule is COc1cc(C(=O)N2CCC(Oc3cccc(F)n3)C2)ccc1F. The van der Waals surface area contributed by atoms with E-state index in [0.717, 1.165) is 0 Å². The molecule has 0 N–H and O–H groups in total. The molecule has 1 atom stereocenters. The Balaban J connectivity index is 1.65. The molecule has 0 radical (unpaired) electrons. The Morgan fingerprint density at radius 2 is 2.12 bits per heavy atom. The summed E-state index contributed by atoms with van der Waals surface area (Å²) in [7, 11) is 1.35. The topological polar surface area (TPSA) is 51.7 Å². The second-order valence-corrected chi connectivity index (χ2v) is 5.43. The molecule has 0 saturated carbocycles. The molecule has 1 aromatic carbocycles. The van der Waals surface area contributed by atoms with Crippen molar-refractivity contribution in [2.75, 3.05) is 20.2 Å². The van der Waals surface area contributed by atoms with Gasteiger partial charge in [0, 0.05) is 24.6 Å². The number of likely N-dealkylation sites (tertiary alicyclic amines) is 1. The zero-order chi connectivity index (χ0) is 17.1. The van der Waals surface area contributed by atoms with Gasteiger partial charge in [0.2, 0.25) is 11.8 Å². The summed E-state index contributed by atoms with van der Waals surface area (Å²) < 4.78 is 37.0. The lowest BCUT2D eigenvalue weighted by atomic mass is 10.2. The minimum Gasteiger partial charge on any atom is -0.494 e. The molecule has 3 rings (SSSR count). The third-order valence-electron chi connectivity index (χ3n) is 3.81. The Bertz CT molecular complexity index is 754. The minimum absolute atomic E-state index is 0.0248. The van der Waals surface area contributed by atoms with Crippen LogP contribution in [0, 0.1) is 11.8 Å². The minimum atomic E-state index is -0.614. The second kappa shape index (κ2) is 6.82. The molecule has 0 aliphatic carbocycles. The highest BCUT2D eigenvalue weighted by Crippen LogP contribution is 2.22. The molecule has 1 saturated heterocycles. The Labute approximate surface area is 137 Å². The molecule has 1 unspecified atom stereocenters. The Kier molecular flexibility index (Phi) is 4.59. The number of rotatable bonds is 4. The Morgan fingerprint density at radius 3 is 2.88 bits per heavy atom. The largest absolute Gasteiger partial charge is 0.494 e. The van der Waals surface area contributed by atoms with Crippen LogP contribution in [0.2, 0.25) is 0 Å². The van der Waals surface area contributed by atoms with Gasteiger partial charge < -0.3 is 14.4 Å². The van der Waals surface area contributed by atoms with Gasteiger partial charge in [-0.3, -0.25) is 4.79 Å². The third-order valence-corrected chi connectivity index (χ3v) is 3.81. The molecular weight excluding hydrogens is 318 g/mol.